The SMILES string of the molecule is COCCn1cc(C(=O)O)c(=O)c2cc(CCCOCCOCCC#N)ccc21. The third-order valence-corrected chi connectivity index (χ3v) is 4.40. The lowest BCUT2D eigenvalue weighted by Crippen LogP contribution is -2.20. The zero-order valence-electron chi connectivity index (χ0n) is 16.6. The number of ether oxygens (including phenoxy) is 3. The zero-order chi connectivity index (χ0) is 21.1. The highest BCUT2D eigenvalue weighted by atomic mass is 16.5. The van der Waals surface area contributed by atoms with E-state index in [1.165, 1.54) is 6.20 Å². The Kier molecular flexibility index (Phi) is 9.31. The van der Waals surface area contributed by atoms with Crippen molar-refractivity contribution in [2.75, 3.05) is 40.1 Å². The van der Waals surface area contributed by atoms with Crippen molar-refractivity contribution in [2.24, 2.45) is 0 Å². The van der Waals surface area contributed by atoms with Crippen molar-refractivity contribution in [2.45, 2.75) is 25.8 Å². The molecule has 0 amide bonds. The van der Waals surface area contributed by atoms with Gasteiger partial charge in [-0.15, -0.1) is 0 Å². The van der Waals surface area contributed by atoms with Gasteiger partial charge in [-0.3, -0.25) is 4.79 Å². The predicted molar refractivity (Wildman–Crippen MR) is 107 cm³/mol. The molecule has 0 aliphatic carbocycles. The minimum Gasteiger partial charge on any atom is -0.477 e. The van der Waals surface area contributed by atoms with Gasteiger partial charge >= 0.3 is 5.97 Å². The average molecular weight is 402 g/mol. The fraction of sp³-hybridized carbons (Fsp3) is 0.476. The molecule has 8 nitrogen and oxygen atoms in total. The predicted octanol–water partition coefficient (Wildman–Crippen LogP) is 2.23. The van der Waals surface area contributed by atoms with E-state index < -0.39 is 11.4 Å². The molecule has 0 saturated heterocycles. The lowest BCUT2D eigenvalue weighted by Gasteiger charge is -2.13. The number of benzene rings is 1. The molecule has 0 aliphatic rings. The number of pyridine rings is 1. The van der Waals surface area contributed by atoms with Gasteiger partial charge in [0.15, 0.2) is 0 Å². The van der Waals surface area contributed by atoms with E-state index in [1.54, 1.807) is 17.7 Å². The summed E-state index contributed by atoms with van der Waals surface area (Å²) in [7, 11) is 1.57. The fourth-order valence-corrected chi connectivity index (χ4v) is 2.95. The monoisotopic (exact) mass is 402 g/mol. The molecule has 1 aromatic heterocycles. The van der Waals surface area contributed by atoms with E-state index in [4.69, 9.17) is 19.5 Å². The summed E-state index contributed by atoms with van der Waals surface area (Å²) in [6.07, 6.45) is 3.22. The molecular weight excluding hydrogens is 376 g/mol. The van der Waals surface area contributed by atoms with E-state index in [0.29, 0.717) is 63.3 Å². The quantitative estimate of drug-likeness (QED) is 0.511. The van der Waals surface area contributed by atoms with Gasteiger partial charge in [-0.05, 0) is 30.5 Å². The molecule has 0 spiro atoms. The highest BCUT2D eigenvalue weighted by Crippen LogP contribution is 2.16. The van der Waals surface area contributed by atoms with Gasteiger partial charge in [0.2, 0.25) is 5.43 Å². The molecule has 29 heavy (non-hydrogen) atoms. The first-order chi connectivity index (χ1) is 14.1. The number of aromatic carboxylic acids is 1. The Morgan fingerprint density at radius 2 is 1.93 bits per heavy atom. The summed E-state index contributed by atoms with van der Waals surface area (Å²) < 4.78 is 17.5. The van der Waals surface area contributed by atoms with Crippen molar-refractivity contribution < 1.29 is 24.1 Å². The van der Waals surface area contributed by atoms with Crippen LogP contribution in [0.1, 0.15) is 28.8 Å². The first-order valence-corrected chi connectivity index (χ1v) is 9.49. The number of nitriles is 1. The first-order valence-electron chi connectivity index (χ1n) is 9.49. The number of nitrogens with zero attached hydrogens (tertiary/aromatic N) is 2. The van der Waals surface area contributed by atoms with Gasteiger partial charge in [0.25, 0.3) is 0 Å². The second-order valence-electron chi connectivity index (χ2n) is 6.45. The van der Waals surface area contributed by atoms with Crippen molar-refractivity contribution in [3.8, 4) is 6.07 Å². The number of fused-ring (bicyclic) bond motifs is 1. The molecule has 2 aromatic rings. The summed E-state index contributed by atoms with van der Waals surface area (Å²) >= 11 is 0. The summed E-state index contributed by atoms with van der Waals surface area (Å²) in [6.45, 7) is 2.75. The van der Waals surface area contributed by atoms with E-state index in [0.717, 1.165) is 12.0 Å². The minimum atomic E-state index is -1.24. The average Bonchev–Trinajstić information content (AvgIpc) is 2.72. The van der Waals surface area contributed by atoms with Gasteiger partial charge in [-0.1, -0.05) is 6.07 Å². The van der Waals surface area contributed by atoms with Gasteiger partial charge in [0, 0.05) is 31.8 Å². The van der Waals surface area contributed by atoms with Crippen LogP contribution in [0.25, 0.3) is 10.9 Å². The number of hydrogen-bond donors (Lipinski definition) is 1. The number of aryl methyl sites for hydroxylation is 1. The fourth-order valence-electron chi connectivity index (χ4n) is 2.95. The van der Waals surface area contributed by atoms with Crippen LogP contribution in [0, 0.1) is 11.3 Å². The molecule has 1 aromatic carbocycles. The molecule has 2 rings (SSSR count). The molecule has 1 heterocycles. The number of methoxy groups -OCH3 is 1. The summed E-state index contributed by atoms with van der Waals surface area (Å²) in [5.74, 6) is -1.24. The van der Waals surface area contributed by atoms with Crippen LogP contribution in [0.2, 0.25) is 0 Å². The van der Waals surface area contributed by atoms with Crippen LogP contribution in [0.5, 0.6) is 0 Å². The first kappa shape index (κ1) is 22.6. The number of carboxylic acids is 1. The van der Waals surface area contributed by atoms with E-state index >= 15 is 0 Å². The maximum atomic E-state index is 12.6. The Hall–Kier alpha value is -2.73. The molecule has 0 radical (unpaired) electrons. The molecule has 0 fully saturated rings. The van der Waals surface area contributed by atoms with Crippen LogP contribution in [-0.4, -0.2) is 55.8 Å². The standard InChI is InChI=1S/C21H26N2O6/c1-27-11-8-23-15-18(21(25)26)20(24)17-14-16(5-6-19(17)23)4-2-9-28-12-13-29-10-3-7-22/h5-6,14-15H,2-4,8-13H2,1H3,(H,25,26). The second kappa shape index (κ2) is 12.0. The van der Waals surface area contributed by atoms with Crippen LogP contribution in [-0.2, 0) is 27.2 Å². The molecule has 0 saturated carbocycles. The molecule has 0 atom stereocenters. The van der Waals surface area contributed by atoms with Crippen LogP contribution < -0.4 is 5.43 Å². The number of carbonyl (C=O) groups is 1. The van der Waals surface area contributed by atoms with Gasteiger partial charge in [-0.2, -0.15) is 5.26 Å². The van der Waals surface area contributed by atoms with E-state index in [-0.39, 0.29) is 5.56 Å². The smallest absolute Gasteiger partial charge is 0.341 e. The number of carboxylic acid groups (broad SMARTS) is 1. The van der Waals surface area contributed by atoms with Gasteiger partial charge in [0.05, 0.1) is 44.4 Å². The molecule has 156 valence electrons. The van der Waals surface area contributed by atoms with E-state index in [2.05, 4.69) is 0 Å². The molecule has 0 bridgehead atoms. The lowest BCUT2D eigenvalue weighted by molar-refractivity contribution is 0.0490. The third-order valence-electron chi connectivity index (χ3n) is 4.40. The number of rotatable bonds is 13. The van der Waals surface area contributed by atoms with E-state index in [1.807, 2.05) is 18.2 Å². The Morgan fingerprint density at radius 3 is 2.62 bits per heavy atom. The summed E-state index contributed by atoms with van der Waals surface area (Å²) in [6, 6.07) is 7.56. The van der Waals surface area contributed by atoms with Gasteiger partial charge in [0.1, 0.15) is 5.56 Å². The van der Waals surface area contributed by atoms with Crippen LogP contribution in [0.3, 0.4) is 0 Å². The Labute approximate surface area is 169 Å². The maximum Gasteiger partial charge on any atom is 0.341 e. The van der Waals surface area contributed by atoms with Crippen molar-refractivity contribution in [3.05, 3.63) is 45.7 Å². The number of aromatic nitrogens is 1. The van der Waals surface area contributed by atoms with Gasteiger partial charge in [-0.25, -0.2) is 4.79 Å². The largest absolute Gasteiger partial charge is 0.477 e. The third kappa shape index (κ3) is 6.68. The lowest BCUT2D eigenvalue weighted by atomic mass is 10.0. The summed E-state index contributed by atoms with van der Waals surface area (Å²) in [5.41, 5.74) is 0.912. The number of hydrogen-bond acceptors (Lipinski definition) is 6. The Morgan fingerprint density at radius 1 is 1.17 bits per heavy atom. The Bertz CT molecular complexity index is 916. The molecular formula is C21H26N2O6. The van der Waals surface area contributed by atoms with Crippen molar-refractivity contribution in [3.63, 3.8) is 0 Å². The topological polar surface area (TPSA) is 111 Å². The summed E-state index contributed by atoms with van der Waals surface area (Å²) in [4.78, 5) is 24.0. The maximum absolute atomic E-state index is 12.6. The normalized spacial score (nSPS) is 10.9. The molecule has 8 heteroatoms. The van der Waals surface area contributed by atoms with Crippen LogP contribution in [0.4, 0.5) is 0 Å². The second-order valence-corrected chi connectivity index (χ2v) is 6.45. The van der Waals surface area contributed by atoms with Crippen molar-refractivity contribution in [1.29, 1.82) is 5.26 Å². The van der Waals surface area contributed by atoms with Gasteiger partial charge < -0.3 is 23.9 Å². The van der Waals surface area contributed by atoms with Crippen LogP contribution in [0.15, 0.2) is 29.2 Å². The molecule has 0 aliphatic heterocycles. The molecule has 1 N–H and O–H groups in total. The van der Waals surface area contributed by atoms with E-state index in [9.17, 15) is 14.7 Å². The van der Waals surface area contributed by atoms with Crippen LogP contribution >= 0.6 is 0 Å². The minimum absolute atomic E-state index is 0.245. The zero-order valence-corrected chi connectivity index (χ0v) is 16.6. The highest BCUT2D eigenvalue weighted by molar-refractivity contribution is 5.92. The Balaban J connectivity index is 2.01. The highest BCUT2D eigenvalue weighted by Gasteiger charge is 2.15. The molecule has 0 unspecified atom stereocenters. The van der Waals surface area contributed by atoms with Crippen molar-refractivity contribution >= 4 is 16.9 Å². The summed E-state index contributed by atoms with van der Waals surface area (Å²) in [5, 5.41) is 18.2. The van der Waals surface area contributed by atoms with Crippen molar-refractivity contribution in [1.82, 2.24) is 4.57 Å².